The third-order valence-corrected chi connectivity index (χ3v) is 9.19. The average Bonchev–Trinajstić information content (AvgIpc) is 2.53. The summed E-state index contributed by atoms with van der Waals surface area (Å²) in [4.78, 5) is 12.6. The number of ether oxygens (including phenoxy) is 1. The Morgan fingerprint density at radius 1 is 1.17 bits per heavy atom. The Bertz CT molecular complexity index is 699. The van der Waals surface area contributed by atoms with E-state index in [9.17, 15) is 18.7 Å². The number of aliphatic hydroxyl groups is 1. The predicted molar refractivity (Wildman–Crippen MR) is 112 cm³/mol. The molecule has 0 fully saturated rings. The van der Waals surface area contributed by atoms with Gasteiger partial charge in [-0.1, -0.05) is 20.8 Å². The van der Waals surface area contributed by atoms with Gasteiger partial charge in [0.05, 0.1) is 12.6 Å². The number of amides is 1. The summed E-state index contributed by atoms with van der Waals surface area (Å²) < 4.78 is 38.8. The molecule has 0 aromatic heterocycles. The zero-order chi connectivity index (χ0) is 22.6. The number of nitrogens with zero attached hydrogens (tertiary/aromatic N) is 1. The van der Waals surface area contributed by atoms with Crippen molar-refractivity contribution in [1.82, 2.24) is 5.06 Å². The molecule has 0 radical (unpaired) electrons. The number of rotatable bonds is 7. The summed E-state index contributed by atoms with van der Waals surface area (Å²) in [6.07, 6.45) is -1.32. The lowest BCUT2D eigenvalue weighted by atomic mass is 10.0. The number of halogens is 2. The van der Waals surface area contributed by atoms with Crippen molar-refractivity contribution in [2.45, 2.75) is 84.2 Å². The predicted octanol–water partition coefficient (Wildman–Crippen LogP) is 5.95. The first-order valence-corrected chi connectivity index (χ1v) is 12.8. The lowest BCUT2D eigenvalue weighted by Gasteiger charge is -2.39. The molecule has 1 aromatic rings. The fourth-order valence-electron chi connectivity index (χ4n) is 2.25. The molecule has 0 bridgehead atoms. The Labute approximate surface area is 174 Å². The third-order valence-electron chi connectivity index (χ3n) is 4.90. The van der Waals surface area contributed by atoms with Crippen LogP contribution in [0.15, 0.2) is 18.2 Å². The van der Waals surface area contributed by atoms with E-state index in [4.69, 9.17) is 9.26 Å². The minimum Gasteiger partial charge on any atom is -0.442 e. The minimum atomic E-state index is -2.31. The van der Waals surface area contributed by atoms with Gasteiger partial charge in [0.25, 0.3) is 0 Å². The van der Waals surface area contributed by atoms with E-state index >= 15 is 0 Å². The summed E-state index contributed by atoms with van der Waals surface area (Å²) in [5, 5.41) is 11.3. The van der Waals surface area contributed by atoms with Gasteiger partial charge in [0.1, 0.15) is 17.2 Å². The van der Waals surface area contributed by atoms with E-state index in [0.29, 0.717) is 6.42 Å². The Kier molecular flexibility index (Phi) is 8.39. The first-order chi connectivity index (χ1) is 13.0. The van der Waals surface area contributed by atoms with Gasteiger partial charge in [-0.3, -0.25) is 0 Å². The van der Waals surface area contributed by atoms with Gasteiger partial charge in [-0.2, -0.15) is 5.06 Å². The van der Waals surface area contributed by atoms with Crippen LogP contribution in [0.25, 0.3) is 0 Å². The van der Waals surface area contributed by atoms with Crippen molar-refractivity contribution >= 4 is 14.4 Å². The van der Waals surface area contributed by atoms with Gasteiger partial charge in [-0.25, -0.2) is 13.6 Å². The van der Waals surface area contributed by atoms with Gasteiger partial charge < -0.3 is 14.4 Å². The highest BCUT2D eigenvalue weighted by Crippen LogP contribution is 2.37. The molecule has 0 spiro atoms. The van der Waals surface area contributed by atoms with Crippen molar-refractivity contribution in [3.05, 3.63) is 35.4 Å². The summed E-state index contributed by atoms with van der Waals surface area (Å²) in [6, 6.07) is 2.97. The number of carbonyl (C=O) groups excluding carboxylic acids is 1. The van der Waals surface area contributed by atoms with E-state index in [1.807, 2.05) is 13.1 Å². The van der Waals surface area contributed by atoms with Crippen LogP contribution in [0.5, 0.6) is 0 Å². The van der Waals surface area contributed by atoms with E-state index in [1.54, 1.807) is 20.8 Å². The fraction of sp³-hybridized carbons (Fsp3) is 0.667. The molecule has 0 aliphatic rings. The molecule has 0 heterocycles. The lowest BCUT2D eigenvalue weighted by molar-refractivity contribution is -0.0835. The summed E-state index contributed by atoms with van der Waals surface area (Å²) in [7, 11) is -2.31. The molecule has 1 N–H and O–H groups in total. The summed E-state index contributed by atoms with van der Waals surface area (Å²) >= 11 is 0. The number of aliphatic hydroxyl groups excluding tert-OH is 1. The maximum absolute atomic E-state index is 13.8. The molecule has 1 amide bonds. The highest BCUT2D eigenvalue weighted by Gasteiger charge is 2.41. The molecule has 29 heavy (non-hydrogen) atoms. The summed E-state index contributed by atoms with van der Waals surface area (Å²) in [5.74, 6) is -1.28. The fourth-order valence-corrected chi connectivity index (χ4v) is 3.24. The highest BCUT2D eigenvalue weighted by molar-refractivity contribution is 6.74. The highest BCUT2D eigenvalue weighted by atomic mass is 28.4. The Morgan fingerprint density at radius 2 is 1.76 bits per heavy atom. The number of hydrogen-bond donors (Lipinski definition) is 1. The number of hydroxylamine groups is 2. The largest absolute Gasteiger partial charge is 0.442 e. The van der Waals surface area contributed by atoms with Crippen molar-refractivity contribution in [2.75, 3.05) is 6.54 Å². The van der Waals surface area contributed by atoms with Crippen LogP contribution in [-0.4, -0.2) is 36.7 Å². The first-order valence-electron chi connectivity index (χ1n) is 9.86. The molecule has 0 saturated heterocycles. The van der Waals surface area contributed by atoms with Crippen molar-refractivity contribution in [3.63, 3.8) is 0 Å². The molecule has 0 aliphatic heterocycles. The van der Waals surface area contributed by atoms with Crippen LogP contribution >= 0.6 is 0 Å². The number of hydrogen-bond acceptors (Lipinski definition) is 4. The van der Waals surface area contributed by atoms with Gasteiger partial charge in [0, 0.05) is 5.56 Å². The van der Waals surface area contributed by atoms with Crippen LogP contribution in [0.4, 0.5) is 13.6 Å². The number of carbonyl (C=O) groups is 1. The second-order valence-electron chi connectivity index (χ2n) is 9.76. The zero-order valence-electron chi connectivity index (χ0n) is 18.8. The van der Waals surface area contributed by atoms with E-state index in [-0.39, 0.29) is 23.6 Å². The maximum atomic E-state index is 13.8. The second-order valence-corrected chi connectivity index (χ2v) is 14.5. The second kappa shape index (κ2) is 9.53. The van der Waals surface area contributed by atoms with E-state index in [2.05, 4.69) is 20.8 Å². The van der Waals surface area contributed by atoms with E-state index in [0.717, 1.165) is 18.2 Å². The lowest BCUT2D eigenvalue weighted by Crippen LogP contribution is -2.50. The Morgan fingerprint density at radius 3 is 2.28 bits per heavy atom. The third kappa shape index (κ3) is 8.02. The Balaban J connectivity index is 2.86. The number of benzene rings is 1. The van der Waals surface area contributed by atoms with E-state index in [1.165, 1.54) is 5.06 Å². The molecular formula is C21H35F2NO4Si. The molecule has 8 heteroatoms. The zero-order valence-corrected chi connectivity index (χ0v) is 19.8. The van der Waals surface area contributed by atoms with Crippen LogP contribution in [0.2, 0.25) is 18.1 Å². The summed E-state index contributed by atoms with van der Waals surface area (Å²) in [5.41, 5.74) is -0.782. The SMILES string of the molecule is CC(C)(C)OC(=O)N(CCCC(O)c1cc(F)ccc1F)O[Si](C)(C)C(C)(C)C. The van der Waals surface area contributed by atoms with Crippen LogP contribution in [0.3, 0.4) is 0 Å². The van der Waals surface area contributed by atoms with Crippen molar-refractivity contribution < 1.29 is 27.9 Å². The van der Waals surface area contributed by atoms with Gasteiger partial charge >= 0.3 is 6.09 Å². The van der Waals surface area contributed by atoms with Crippen LogP contribution < -0.4 is 0 Å². The molecule has 1 aromatic carbocycles. The van der Waals surface area contributed by atoms with Crippen molar-refractivity contribution in [1.29, 1.82) is 0 Å². The molecular weight excluding hydrogens is 396 g/mol. The normalized spacial score (nSPS) is 13.9. The molecule has 0 saturated carbocycles. The van der Waals surface area contributed by atoms with Gasteiger partial charge in [-0.05, 0) is 69.9 Å². The van der Waals surface area contributed by atoms with Gasteiger partial charge in [0.2, 0.25) is 8.32 Å². The molecule has 5 nitrogen and oxygen atoms in total. The first kappa shape index (κ1) is 25.5. The minimum absolute atomic E-state index is 0.0980. The molecule has 0 aliphatic carbocycles. The van der Waals surface area contributed by atoms with E-state index < -0.39 is 37.8 Å². The van der Waals surface area contributed by atoms with Gasteiger partial charge in [-0.15, -0.1) is 0 Å². The monoisotopic (exact) mass is 431 g/mol. The summed E-state index contributed by atoms with van der Waals surface area (Å²) in [6.45, 7) is 15.7. The molecule has 1 atom stereocenters. The van der Waals surface area contributed by atoms with Gasteiger partial charge in [0.15, 0.2) is 0 Å². The molecule has 1 rings (SSSR count). The standard InChI is InChI=1S/C21H35F2NO4Si/c1-20(2,3)27-19(26)24(28-29(7,8)21(4,5)6)13-9-10-18(25)16-14-15(22)11-12-17(16)23/h11-12,14,18,25H,9-10,13H2,1-8H3. The molecule has 1 unspecified atom stereocenters. The average molecular weight is 432 g/mol. The maximum Gasteiger partial charge on any atom is 0.433 e. The quantitative estimate of drug-likeness (QED) is 0.428. The molecule has 166 valence electrons. The van der Waals surface area contributed by atoms with Crippen LogP contribution in [0, 0.1) is 11.6 Å². The van der Waals surface area contributed by atoms with Crippen molar-refractivity contribution in [3.8, 4) is 0 Å². The van der Waals surface area contributed by atoms with Crippen LogP contribution in [-0.2, 0) is 9.26 Å². The van der Waals surface area contributed by atoms with Crippen molar-refractivity contribution in [2.24, 2.45) is 0 Å². The topological polar surface area (TPSA) is 59.0 Å². The smallest absolute Gasteiger partial charge is 0.433 e. The van der Waals surface area contributed by atoms with Crippen LogP contribution in [0.1, 0.15) is 66.1 Å². The Hall–Kier alpha value is -1.51.